The van der Waals surface area contributed by atoms with E-state index in [1.807, 2.05) is 80.6 Å². The Hall–Kier alpha value is -3.74. The van der Waals surface area contributed by atoms with E-state index in [2.05, 4.69) is 5.10 Å². The van der Waals surface area contributed by atoms with E-state index in [0.717, 1.165) is 33.9 Å². The summed E-state index contributed by atoms with van der Waals surface area (Å²) in [6.07, 6.45) is 0. The summed E-state index contributed by atoms with van der Waals surface area (Å²) >= 11 is 13.1. The summed E-state index contributed by atoms with van der Waals surface area (Å²) in [5.74, 6) is 0.523. The molecule has 0 fully saturated rings. The lowest BCUT2D eigenvalue weighted by molar-refractivity contribution is 0.420. The average molecular weight is 503 g/mol. The highest BCUT2D eigenvalue weighted by molar-refractivity contribution is 6.35. The number of hydrogen-bond donors (Lipinski definition) is 1. The summed E-state index contributed by atoms with van der Waals surface area (Å²) in [5, 5.41) is 8.88. The lowest BCUT2D eigenvalue weighted by Gasteiger charge is -2.27. The van der Waals surface area contributed by atoms with Crippen LogP contribution in [0.5, 0.6) is 11.6 Å². The third-order valence-corrected chi connectivity index (χ3v) is 6.82. The predicted molar refractivity (Wildman–Crippen MR) is 137 cm³/mol. The zero-order chi connectivity index (χ0) is 24.3. The zero-order valence-corrected chi connectivity index (χ0v) is 20.4. The van der Waals surface area contributed by atoms with Crippen LogP contribution < -0.4 is 10.3 Å². The molecule has 1 N–H and O–H groups in total. The maximum atomic E-state index is 13.9. The van der Waals surface area contributed by atoms with Crippen LogP contribution in [-0.4, -0.2) is 19.6 Å². The van der Waals surface area contributed by atoms with Crippen molar-refractivity contribution in [3.63, 3.8) is 0 Å². The number of ether oxygens (including phenoxy) is 1. The first-order valence-electron chi connectivity index (χ1n) is 11.1. The molecule has 0 saturated carbocycles. The number of aromatic amines is 1. The first-order valence-corrected chi connectivity index (χ1v) is 11.9. The summed E-state index contributed by atoms with van der Waals surface area (Å²) in [4.78, 5) is 13.9. The largest absolute Gasteiger partial charge is 0.437 e. The number of aromatic nitrogens is 4. The zero-order valence-electron chi connectivity index (χ0n) is 18.9. The number of rotatable bonds is 3. The van der Waals surface area contributed by atoms with Crippen molar-refractivity contribution < 1.29 is 4.74 Å². The molecule has 35 heavy (non-hydrogen) atoms. The SMILES string of the molecule is Cc1nn(-c2ccccc2)c2c1C(c1c(C)[nH]n(-c3ccccc3)c1=O)c1cc(Cl)cc(Cl)c1O2. The maximum absolute atomic E-state index is 13.9. The predicted octanol–water partition coefficient (Wildman–Crippen LogP) is 6.56. The minimum absolute atomic E-state index is 0.152. The van der Waals surface area contributed by atoms with Gasteiger partial charge in [-0.3, -0.25) is 9.89 Å². The molecule has 0 bridgehead atoms. The normalized spacial score (nSPS) is 14.3. The molecule has 0 amide bonds. The van der Waals surface area contributed by atoms with Crippen LogP contribution in [0.4, 0.5) is 0 Å². The van der Waals surface area contributed by atoms with E-state index in [1.165, 1.54) is 0 Å². The van der Waals surface area contributed by atoms with Gasteiger partial charge in [-0.15, -0.1) is 0 Å². The number of para-hydroxylation sites is 2. The maximum Gasteiger partial charge on any atom is 0.275 e. The fourth-order valence-electron chi connectivity index (χ4n) is 4.81. The summed E-state index contributed by atoms with van der Waals surface area (Å²) in [7, 11) is 0. The van der Waals surface area contributed by atoms with Crippen molar-refractivity contribution in [2.24, 2.45) is 0 Å². The molecular weight excluding hydrogens is 483 g/mol. The number of aryl methyl sites for hydroxylation is 2. The number of benzene rings is 3. The van der Waals surface area contributed by atoms with Gasteiger partial charge in [0.2, 0.25) is 5.88 Å². The second kappa shape index (κ2) is 8.18. The number of nitrogens with zero attached hydrogens (tertiary/aromatic N) is 3. The Balaban J connectivity index is 1.65. The number of H-pyrrole nitrogens is 1. The van der Waals surface area contributed by atoms with E-state index in [0.29, 0.717) is 27.2 Å². The quantitative estimate of drug-likeness (QED) is 0.298. The standard InChI is InChI=1S/C27H20Cl2N4O2/c1-15-22(26(34)32(30-15)18-9-5-3-6-10-18)24-20-13-17(28)14-21(29)25(20)35-27-23(24)16(2)31-33(27)19-11-7-4-8-12-19/h3-14,24,30H,1-2H3. The fourth-order valence-corrected chi connectivity index (χ4v) is 5.35. The summed E-state index contributed by atoms with van der Waals surface area (Å²) in [5.41, 5.74) is 5.06. The topological polar surface area (TPSA) is 64.8 Å². The highest BCUT2D eigenvalue weighted by Gasteiger charge is 2.39. The van der Waals surface area contributed by atoms with Gasteiger partial charge in [0.1, 0.15) is 0 Å². The smallest absolute Gasteiger partial charge is 0.275 e. The van der Waals surface area contributed by atoms with Gasteiger partial charge in [0, 0.05) is 16.3 Å². The van der Waals surface area contributed by atoms with E-state index in [9.17, 15) is 4.79 Å². The van der Waals surface area contributed by atoms with Crippen LogP contribution in [0.2, 0.25) is 10.0 Å². The fraction of sp³-hybridized carbons (Fsp3) is 0.111. The molecule has 3 heterocycles. The van der Waals surface area contributed by atoms with Gasteiger partial charge in [-0.25, -0.2) is 9.36 Å². The van der Waals surface area contributed by atoms with Crippen LogP contribution in [-0.2, 0) is 0 Å². The minimum atomic E-state index is -0.476. The first-order chi connectivity index (χ1) is 16.9. The molecule has 1 aliphatic rings. The molecule has 1 atom stereocenters. The van der Waals surface area contributed by atoms with Crippen LogP contribution in [0.3, 0.4) is 0 Å². The molecule has 174 valence electrons. The van der Waals surface area contributed by atoms with Gasteiger partial charge in [-0.1, -0.05) is 59.6 Å². The average Bonchev–Trinajstić information content (AvgIpc) is 3.35. The van der Waals surface area contributed by atoms with Gasteiger partial charge in [-0.2, -0.15) is 5.10 Å². The Bertz CT molecular complexity index is 1640. The van der Waals surface area contributed by atoms with E-state index < -0.39 is 5.92 Å². The minimum Gasteiger partial charge on any atom is -0.437 e. The van der Waals surface area contributed by atoms with E-state index in [1.54, 1.807) is 15.4 Å². The van der Waals surface area contributed by atoms with Crippen molar-refractivity contribution in [1.29, 1.82) is 0 Å². The molecule has 0 saturated heterocycles. The molecule has 8 heteroatoms. The number of hydrogen-bond acceptors (Lipinski definition) is 3. The van der Waals surface area contributed by atoms with Crippen LogP contribution in [0.1, 0.15) is 34.0 Å². The van der Waals surface area contributed by atoms with Gasteiger partial charge >= 0.3 is 0 Å². The highest BCUT2D eigenvalue weighted by Crippen LogP contribution is 2.52. The van der Waals surface area contributed by atoms with Crippen molar-refractivity contribution in [3.8, 4) is 23.0 Å². The molecule has 6 nitrogen and oxygen atoms in total. The van der Waals surface area contributed by atoms with Gasteiger partial charge < -0.3 is 4.74 Å². The second-order valence-electron chi connectivity index (χ2n) is 8.52. The van der Waals surface area contributed by atoms with Crippen molar-refractivity contribution in [3.05, 3.63) is 121 Å². The molecule has 2 aromatic heterocycles. The van der Waals surface area contributed by atoms with Crippen LogP contribution in [0, 0.1) is 13.8 Å². The first kappa shape index (κ1) is 21.8. The second-order valence-corrected chi connectivity index (χ2v) is 9.36. The molecule has 3 aromatic carbocycles. The summed E-state index contributed by atoms with van der Waals surface area (Å²) < 4.78 is 9.69. The highest BCUT2D eigenvalue weighted by atomic mass is 35.5. The Morgan fingerprint density at radius 1 is 0.914 bits per heavy atom. The monoisotopic (exact) mass is 502 g/mol. The van der Waals surface area contributed by atoms with Crippen LogP contribution in [0.15, 0.2) is 77.6 Å². The third-order valence-electron chi connectivity index (χ3n) is 6.32. The van der Waals surface area contributed by atoms with Gasteiger partial charge in [0.25, 0.3) is 5.56 Å². The Labute approximate surface area is 211 Å². The van der Waals surface area contributed by atoms with Crippen molar-refractivity contribution in [1.82, 2.24) is 19.6 Å². The van der Waals surface area contributed by atoms with Gasteiger partial charge in [0.05, 0.1) is 39.1 Å². The summed E-state index contributed by atoms with van der Waals surface area (Å²) in [6, 6.07) is 22.7. The Kier molecular flexibility index (Phi) is 5.09. The molecule has 0 radical (unpaired) electrons. The number of fused-ring (bicyclic) bond motifs is 2. The van der Waals surface area contributed by atoms with Gasteiger partial charge in [-0.05, 0) is 50.2 Å². The van der Waals surface area contributed by atoms with Crippen molar-refractivity contribution in [2.75, 3.05) is 0 Å². The number of halogens is 2. The lowest BCUT2D eigenvalue weighted by Crippen LogP contribution is -2.23. The molecular formula is C27H20Cl2N4O2. The third kappa shape index (κ3) is 3.40. The van der Waals surface area contributed by atoms with Crippen LogP contribution >= 0.6 is 23.2 Å². The van der Waals surface area contributed by atoms with Crippen molar-refractivity contribution in [2.45, 2.75) is 19.8 Å². The van der Waals surface area contributed by atoms with Crippen molar-refractivity contribution >= 4 is 23.2 Å². The van der Waals surface area contributed by atoms with E-state index in [4.69, 9.17) is 33.0 Å². The van der Waals surface area contributed by atoms with E-state index in [-0.39, 0.29) is 5.56 Å². The molecule has 1 aliphatic heterocycles. The summed E-state index contributed by atoms with van der Waals surface area (Å²) in [6.45, 7) is 3.82. The van der Waals surface area contributed by atoms with Crippen LogP contribution in [0.25, 0.3) is 11.4 Å². The lowest BCUT2D eigenvalue weighted by atomic mass is 9.83. The molecule has 6 rings (SSSR count). The molecule has 1 unspecified atom stereocenters. The molecule has 5 aromatic rings. The van der Waals surface area contributed by atoms with E-state index >= 15 is 0 Å². The van der Waals surface area contributed by atoms with Gasteiger partial charge in [0.15, 0.2) is 5.75 Å². The Morgan fingerprint density at radius 2 is 1.57 bits per heavy atom. The Morgan fingerprint density at radius 3 is 2.26 bits per heavy atom. The number of nitrogens with one attached hydrogen (secondary N) is 1. The molecule has 0 spiro atoms. The molecule has 0 aliphatic carbocycles.